The molecule has 0 bridgehead atoms. The maximum Gasteiger partial charge on any atom is 0.265 e. The lowest BCUT2D eigenvalue weighted by molar-refractivity contribution is 0.0952. The van der Waals surface area contributed by atoms with E-state index in [9.17, 15) is 22.4 Å². The molecule has 0 aliphatic heterocycles. The number of hydrogen-bond donors (Lipinski definition) is 2. The number of carbonyl (C=O) groups excluding carboxylic acids is 1. The Kier molecular flexibility index (Phi) is 6.53. The molecule has 0 unspecified atom stereocenters. The van der Waals surface area contributed by atoms with Crippen LogP contribution in [-0.4, -0.2) is 30.4 Å². The van der Waals surface area contributed by atoms with E-state index in [-0.39, 0.29) is 29.4 Å². The number of halogens is 1. The second kappa shape index (κ2) is 9.54. The highest BCUT2D eigenvalue weighted by Gasteiger charge is 2.16. The number of benzene rings is 2. The molecule has 0 aliphatic carbocycles. The van der Waals surface area contributed by atoms with E-state index in [1.54, 1.807) is 42.6 Å². The number of hydrogen-bond acceptors (Lipinski definition) is 5. The van der Waals surface area contributed by atoms with E-state index in [0.29, 0.717) is 23.0 Å². The number of primary sulfonamides is 1. The van der Waals surface area contributed by atoms with Crippen LogP contribution in [0, 0.1) is 5.82 Å². The topological polar surface area (TPSA) is 124 Å². The summed E-state index contributed by atoms with van der Waals surface area (Å²) < 4.78 is 37.4. The number of fused-ring (bicyclic) bond motifs is 1. The quantitative estimate of drug-likeness (QED) is 0.420. The molecule has 0 aliphatic rings. The minimum atomic E-state index is -3.77. The highest BCUT2D eigenvalue weighted by molar-refractivity contribution is 7.89. The third-order valence-corrected chi connectivity index (χ3v) is 6.23. The van der Waals surface area contributed by atoms with Gasteiger partial charge in [-0.05, 0) is 60.0 Å². The third kappa shape index (κ3) is 5.19. The van der Waals surface area contributed by atoms with Crippen molar-refractivity contribution in [1.29, 1.82) is 0 Å². The normalized spacial score (nSPS) is 11.5. The maximum atomic E-state index is 13.3. The summed E-state index contributed by atoms with van der Waals surface area (Å²) in [6, 6.07) is 16.8. The van der Waals surface area contributed by atoms with Crippen LogP contribution in [-0.2, 0) is 23.0 Å². The van der Waals surface area contributed by atoms with Crippen molar-refractivity contribution in [1.82, 2.24) is 14.9 Å². The minimum Gasteiger partial charge on any atom is -0.352 e. The molecule has 10 heteroatoms. The zero-order chi connectivity index (χ0) is 24.3. The van der Waals surface area contributed by atoms with Crippen molar-refractivity contribution in [2.45, 2.75) is 17.9 Å². The molecule has 0 radical (unpaired) electrons. The molecule has 2 aromatic heterocycles. The Morgan fingerprint density at radius 3 is 2.38 bits per heavy atom. The van der Waals surface area contributed by atoms with Crippen LogP contribution in [0.25, 0.3) is 11.0 Å². The fourth-order valence-corrected chi connectivity index (χ4v) is 4.06. The number of sulfonamides is 1. The van der Waals surface area contributed by atoms with Crippen molar-refractivity contribution in [2.24, 2.45) is 5.14 Å². The smallest absolute Gasteiger partial charge is 0.265 e. The van der Waals surface area contributed by atoms with Crippen molar-refractivity contribution in [2.75, 3.05) is 6.54 Å². The average molecular weight is 481 g/mol. The zero-order valence-electron chi connectivity index (χ0n) is 17.9. The molecule has 4 aromatic rings. The van der Waals surface area contributed by atoms with E-state index >= 15 is 0 Å². The van der Waals surface area contributed by atoms with E-state index in [4.69, 9.17) is 5.14 Å². The van der Waals surface area contributed by atoms with Crippen LogP contribution in [0.3, 0.4) is 0 Å². The summed E-state index contributed by atoms with van der Waals surface area (Å²) in [5, 5.41) is 8.44. The SMILES string of the molecule is NS(=O)(=O)c1ccc(CCNC(=O)c2cc3cccnc3n(Cc3ccc(F)cc3)c2=O)cc1. The standard InChI is InChI=1S/C24H21FN4O4S/c25-19-7-3-17(4-8-19)15-29-22-18(2-1-12-27-22)14-21(24(29)31)23(30)28-13-11-16-5-9-20(10-6-16)34(26,32)33/h1-10,12,14H,11,13,15H2,(H,28,30)(H2,26,32,33). The zero-order valence-corrected chi connectivity index (χ0v) is 18.8. The molecule has 0 atom stereocenters. The largest absolute Gasteiger partial charge is 0.352 e. The van der Waals surface area contributed by atoms with Gasteiger partial charge in [-0.1, -0.05) is 24.3 Å². The Balaban J connectivity index is 1.55. The Morgan fingerprint density at radius 2 is 1.71 bits per heavy atom. The van der Waals surface area contributed by atoms with Gasteiger partial charge in [0.15, 0.2) is 0 Å². The van der Waals surface area contributed by atoms with Crippen LogP contribution >= 0.6 is 0 Å². The number of nitrogens with two attached hydrogens (primary N) is 1. The molecule has 3 N–H and O–H groups in total. The summed E-state index contributed by atoms with van der Waals surface area (Å²) in [5.41, 5.74) is 1.36. The van der Waals surface area contributed by atoms with Crippen LogP contribution in [0.4, 0.5) is 4.39 Å². The third-order valence-electron chi connectivity index (χ3n) is 5.30. The first-order chi connectivity index (χ1) is 16.2. The monoisotopic (exact) mass is 480 g/mol. The second-order valence-corrected chi connectivity index (χ2v) is 9.25. The van der Waals surface area contributed by atoms with Gasteiger partial charge in [-0.2, -0.15) is 0 Å². The molecule has 0 fully saturated rings. The van der Waals surface area contributed by atoms with Gasteiger partial charge in [0.2, 0.25) is 10.0 Å². The van der Waals surface area contributed by atoms with Gasteiger partial charge >= 0.3 is 0 Å². The van der Waals surface area contributed by atoms with Gasteiger partial charge in [0.25, 0.3) is 11.5 Å². The van der Waals surface area contributed by atoms with E-state index < -0.39 is 21.5 Å². The second-order valence-electron chi connectivity index (χ2n) is 7.69. The molecule has 8 nitrogen and oxygen atoms in total. The predicted octanol–water partition coefficient (Wildman–Crippen LogP) is 2.20. The summed E-state index contributed by atoms with van der Waals surface area (Å²) >= 11 is 0. The number of pyridine rings is 2. The van der Waals surface area contributed by atoms with Gasteiger partial charge in [0.05, 0.1) is 11.4 Å². The molecule has 2 aromatic carbocycles. The van der Waals surface area contributed by atoms with Gasteiger partial charge in [0, 0.05) is 18.1 Å². The first-order valence-electron chi connectivity index (χ1n) is 10.4. The van der Waals surface area contributed by atoms with Crippen LogP contribution < -0.4 is 16.0 Å². The number of aromatic nitrogens is 2. The fourth-order valence-electron chi connectivity index (χ4n) is 3.55. The van der Waals surface area contributed by atoms with E-state index in [0.717, 1.165) is 5.56 Å². The molecular weight excluding hydrogens is 459 g/mol. The highest BCUT2D eigenvalue weighted by atomic mass is 32.2. The fraction of sp³-hybridized carbons (Fsp3) is 0.125. The number of carbonyl (C=O) groups is 1. The van der Waals surface area contributed by atoms with Gasteiger partial charge in [-0.15, -0.1) is 0 Å². The van der Waals surface area contributed by atoms with Crippen molar-refractivity contribution >= 4 is 27.0 Å². The predicted molar refractivity (Wildman–Crippen MR) is 125 cm³/mol. The van der Waals surface area contributed by atoms with E-state index in [2.05, 4.69) is 10.3 Å². The van der Waals surface area contributed by atoms with Gasteiger partial charge in [0.1, 0.15) is 17.0 Å². The van der Waals surface area contributed by atoms with Crippen LogP contribution in [0.15, 0.2) is 82.6 Å². The maximum absolute atomic E-state index is 13.3. The van der Waals surface area contributed by atoms with Crippen LogP contribution in [0.5, 0.6) is 0 Å². The molecular formula is C24H21FN4O4S. The molecule has 0 saturated heterocycles. The summed E-state index contributed by atoms with van der Waals surface area (Å²) in [7, 11) is -3.77. The molecule has 2 heterocycles. The van der Waals surface area contributed by atoms with E-state index in [1.807, 2.05) is 0 Å². The highest BCUT2D eigenvalue weighted by Crippen LogP contribution is 2.14. The minimum absolute atomic E-state index is 0.00626. The van der Waals surface area contributed by atoms with Crippen molar-refractivity contribution < 1.29 is 17.6 Å². The summed E-state index contributed by atoms with van der Waals surface area (Å²) in [6.45, 7) is 0.361. The average Bonchev–Trinajstić information content (AvgIpc) is 2.81. The van der Waals surface area contributed by atoms with Gasteiger partial charge in [-0.3, -0.25) is 14.2 Å². The molecule has 0 spiro atoms. The molecule has 174 valence electrons. The van der Waals surface area contributed by atoms with Crippen molar-refractivity contribution in [3.63, 3.8) is 0 Å². The number of nitrogens with one attached hydrogen (secondary N) is 1. The first kappa shape index (κ1) is 23.3. The lowest BCUT2D eigenvalue weighted by Crippen LogP contribution is -2.34. The molecule has 4 rings (SSSR count). The van der Waals surface area contributed by atoms with Crippen molar-refractivity contribution in [3.8, 4) is 0 Å². The Bertz CT molecular complexity index is 1520. The summed E-state index contributed by atoms with van der Waals surface area (Å²) in [6.07, 6.45) is 1.99. The molecule has 34 heavy (non-hydrogen) atoms. The lowest BCUT2D eigenvalue weighted by atomic mass is 10.1. The van der Waals surface area contributed by atoms with Gasteiger partial charge < -0.3 is 5.32 Å². The van der Waals surface area contributed by atoms with Gasteiger partial charge in [-0.25, -0.2) is 22.9 Å². The summed E-state index contributed by atoms with van der Waals surface area (Å²) in [5.74, 6) is -0.920. The Hall–Kier alpha value is -3.89. The van der Waals surface area contributed by atoms with Crippen LogP contribution in [0.2, 0.25) is 0 Å². The Labute approximate surface area is 194 Å². The molecule has 0 saturated carbocycles. The lowest BCUT2D eigenvalue weighted by Gasteiger charge is -2.12. The Morgan fingerprint density at radius 1 is 1.03 bits per heavy atom. The van der Waals surface area contributed by atoms with E-state index in [1.165, 1.54) is 34.9 Å². The molecule has 1 amide bonds. The van der Waals surface area contributed by atoms with Crippen LogP contribution in [0.1, 0.15) is 21.5 Å². The number of amides is 1. The number of nitrogens with zero attached hydrogens (tertiary/aromatic N) is 2. The first-order valence-corrected chi connectivity index (χ1v) is 11.9. The number of rotatable bonds is 7. The van der Waals surface area contributed by atoms with Crippen molar-refractivity contribution in [3.05, 3.63) is 106 Å². The summed E-state index contributed by atoms with van der Waals surface area (Å²) in [4.78, 5) is 30.3.